The number of ketones is 1. The summed E-state index contributed by atoms with van der Waals surface area (Å²) in [6, 6.07) is 6.78. The lowest BCUT2D eigenvalue weighted by Gasteiger charge is -2.15. The summed E-state index contributed by atoms with van der Waals surface area (Å²) >= 11 is 0. The topological polar surface area (TPSA) is 88.3 Å². The molecule has 1 amide bonds. The molecule has 0 saturated carbocycles. The number of amides is 1. The second-order valence-corrected chi connectivity index (χ2v) is 5.35. The number of carbonyl (C=O) groups is 3. The van der Waals surface area contributed by atoms with Gasteiger partial charge < -0.3 is 15.0 Å². The van der Waals surface area contributed by atoms with E-state index in [2.05, 4.69) is 10.3 Å². The van der Waals surface area contributed by atoms with Crippen molar-refractivity contribution in [3.63, 3.8) is 0 Å². The van der Waals surface area contributed by atoms with Gasteiger partial charge in [-0.15, -0.1) is 0 Å². The number of H-pyrrole nitrogens is 1. The molecule has 6 heteroatoms. The first-order chi connectivity index (χ1) is 10.6. The fraction of sp³-hybridized carbons (Fsp3) is 0.312. The van der Waals surface area contributed by atoms with Gasteiger partial charge in [-0.25, -0.2) is 4.79 Å². The third-order valence-corrected chi connectivity index (χ3v) is 3.80. The number of rotatable bonds is 4. The van der Waals surface area contributed by atoms with Crippen LogP contribution in [0.3, 0.4) is 0 Å². The quantitative estimate of drug-likeness (QED) is 0.662. The number of aromatic amines is 1. The highest BCUT2D eigenvalue weighted by atomic mass is 16.5. The zero-order chi connectivity index (χ0) is 15.7. The van der Waals surface area contributed by atoms with Crippen LogP contribution < -0.4 is 5.32 Å². The van der Waals surface area contributed by atoms with E-state index < -0.39 is 18.1 Å². The average Bonchev–Trinajstić information content (AvgIpc) is 3.12. The van der Waals surface area contributed by atoms with Crippen LogP contribution in [0, 0.1) is 0 Å². The molecule has 1 aliphatic heterocycles. The second-order valence-electron chi connectivity index (χ2n) is 5.35. The molecule has 2 N–H and O–H groups in total. The molecule has 3 rings (SSSR count). The lowest BCUT2D eigenvalue weighted by molar-refractivity contribution is -0.149. The summed E-state index contributed by atoms with van der Waals surface area (Å²) in [5, 5.41) is 3.33. The summed E-state index contributed by atoms with van der Waals surface area (Å²) in [4.78, 5) is 38.5. The molecule has 1 aromatic heterocycles. The first kappa shape index (κ1) is 14.3. The normalized spacial score (nSPS) is 19.0. The van der Waals surface area contributed by atoms with E-state index in [0.717, 1.165) is 10.9 Å². The van der Waals surface area contributed by atoms with Gasteiger partial charge in [0.1, 0.15) is 6.04 Å². The molecule has 0 radical (unpaired) electrons. The van der Waals surface area contributed by atoms with Gasteiger partial charge in [0, 0.05) is 29.1 Å². The maximum absolute atomic E-state index is 12.4. The Hall–Kier alpha value is -2.63. The molecule has 1 aromatic carbocycles. The molecule has 2 atom stereocenters. The van der Waals surface area contributed by atoms with Gasteiger partial charge in [0.2, 0.25) is 11.7 Å². The minimum absolute atomic E-state index is 0.169. The molecule has 0 bridgehead atoms. The minimum atomic E-state index is -0.899. The third kappa shape index (κ3) is 2.59. The maximum Gasteiger partial charge on any atom is 0.329 e. The summed E-state index contributed by atoms with van der Waals surface area (Å²) in [7, 11) is 0. The number of hydrogen-bond acceptors (Lipinski definition) is 4. The monoisotopic (exact) mass is 300 g/mol. The molecule has 1 fully saturated rings. The standard InChI is InChI=1S/C16H16N2O4/c1-9(22-16(21)13-6-7-14(19)18-13)15(20)11-8-17-12-5-3-2-4-10(11)12/h2-5,8-9,13,17H,6-7H2,1H3,(H,18,19)/t9-,13+/m0/s1. The highest BCUT2D eigenvalue weighted by Gasteiger charge is 2.31. The zero-order valence-corrected chi connectivity index (χ0v) is 12.1. The van der Waals surface area contributed by atoms with Crippen molar-refractivity contribution in [1.29, 1.82) is 0 Å². The third-order valence-electron chi connectivity index (χ3n) is 3.80. The van der Waals surface area contributed by atoms with E-state index in [1.54, 1.807) is 13.1 Å². The van der Waals surface area contributed by atoms with Crippen molar-refractivity contribution in [2.75, 3.05) is 0 Å². The number of esters is 1. The highest BCUT2D eigenvalue weighted by molar-refractivity contribution is 6.10. The Bertz CT molecular complexity index is 749. The predicted octanol–water partition coefficient (Wildman–Crippen LogP) is 1.56. The Morgan fingerprint density at radius 1 is 1.32 bits per heavy atom. The van der Waals surface area contributed by atoms with Crippen LogP contribution in [0.15, 0.2) is 30.5 Å². The summed E-state index contributed by atoms with van der Waals surface area (Å²) in [6.45, 7) is 1.54. The van der Waals surface area contributed by atoms with E-state index in [1.165, 1.54) is 0 Å². The molecule has 6 nitrogen and oxygen atoms in total. The number of benzene rings is 1. The summed E-state index contributed by atoms with van der Waals surface area (Å²) in [5.74, 6) is -1.00. The van der Waals surface area contributed by atoms with Crippen molar-refractivity contribution < 1.29 is 19.1 Å². The molecular weight excluding hydrogens is 284 g/mol. The lowest BCUT2D eigenvalue weighted by atomic mass is 10.1. The number of carbonyl (C=O) groups excluding carboxylic acids is 3. The van der Waals surface area contributed by atoms with Crippen LogP contribution in [0.25, 0.3) is 10.9 Å². The van der Waals surface area contributed by atoms with Crippen molar-refractivity contribution in [2.45, 2.75) is 31.9 Å². The van der Waals surface area contributed by atoms with Crippen LogP contribution in [-0.4, -0.2) is 34.8 Å². The number of Topliss-reactive ketones (excluding diaryl/α,β-unsaturated/α-hetero) is 1. The predicted molar refractivity (Wildman–Crippen MR) is 79.3 cm³/mol. The molecule has 2 heterocycles. The van der Waals surface area contributed by atoms with Crippen LogP contribution in [0.1, 0.15) is 30.1 Å². The number of hydrogen-bond donors (Lipinski definition) is 2. The molecule has 2 aromatic rings. The van der Waals surface area contributed by atoms with Gasteiger partial charge in [0.25, 0.3) is 0 Å². The van der Waals surface area contributed by atoms with E-state index in [1.807, 2.05) is 24.3 Å². The van der Waals surface area contributed by atoms with Crippen molar-refractivity contribution in [3.8, 4) is 0 Å². The van der Waals surface area contributed by atoms with Crippen molar-refractivity contribution in [1.82, 2.24) is 10.3 Å². The van der Waals surface area contributed by atoms with E-state index in [0.29, 0.717) is 18.4 Å². The largest absolute Gasteiger partial charge is 0.453 e. The van der Waals surface area contributed by atoms with E-state index in [4.69, 9.17) is 4.74 Å². The summed E-state index contributed by atoms with van der Waals surface area (Å²) < 4.78 is 5.20. The van der Waals surface area contributed by atoms with Gasteiger partial charge in [0.05, 0.1) is 0 Å². The van der Waals surface area contributed by atoms with Gasteiger partial charge in [0.15, 0.2) is 6.10 Å². The molecule has 0 unspecified atom stereocenters. The van der Waals surface area contributed by atoms with Crippen LogP contribution in [0.5, 0.6) is 0 Å². The lowest BCUT2D eigenvalue weighted by Crippen LogP contribution is -2.37. The SMILES string of the molecule is C[C@H](OC(=O)[C@H]1CCC(=O)N1)C(=O)c1c[nH]c2ccccc12. The first-order valence-electron chi connectivity index (χ1n) is 7.16. The average molecular weight is 300 g/mol. The Balaban J connectivity index is 1.72. The Morgan fingerprint density at radius 2 is 2.09 bits per heavy atom. The van der Waals surface area contributed by atoms with E-state index in [9.17, 15) is 14.4 Å². The van der Waals surface area contributed by atoms with Gasteiger partial charge in [-0.2, -0.15) is 0 Å². The van der Waals surface area contributed by atoms with Crippen molar-refractivity contribution in [3.05, 3.63) is 36.0 Å². The molecular formula is C16H16N2O4. The second kappa shape index (κ2) is 5.63. The van der Waals surface area contributed by atoms with Gasteiger partial charge >= 0.3 is 5.97 Å². The van der Waals surface area contributed by atoms with Gasteiger partial charge in [-0.05, 0) is 19.4 Å². The molecule has 1 aliphatic rings. The first-order valence-corrected chi connectivity index (χ1v) is 7.16. The molecule has 0 spiro atoms. The Labute approximate surface area is 126 Å². The van der Waals surface area contributed by atoms with Crippen LogP contribution in [-0.2, 0) is 14.3 Å². The minimum Gasteiger partial charge on any atom is -0.453 e. The number of ether oxygens (including phenoxy) is 1. The number of para-hydroxylation sites is 1. The van der Waals surface area contributed by atoms with Crippen LogP contribution in [0.4, 0.5) is 0 Å². The number of nitrogens with one attached hydrogen (secondary N) is 2. The van der Waals surface area contributed by atoms with Gasteiger partial charge in [-0.1, -0.05) is 18.2 Å². The smallest absolute Gasteiger partial charge is 0.329 e. The molecule has 114 valence electrons. The Morgan fingerprint density at radius 3 is 2.82 bits per heavy atom. The maximum atomic E-state index is 12.4. The summed E-state index contributed by atoms with van der Waals surface area (Å²) in [6.07, 6.45) is 1.44. The highest BCUT2D eigenvalue weighted by Crippen LogP contribution is 2.20. The fourth-order valence-electron chi connectivity index (χ4n) is 2.60. The Kier molecular flexibility index (Phi) is 3.66. The number of aromatic nitrogens is 1. The van der Waals surface area contributed by atoms with E-state index >= 15 is 0 Å². The fourth-order valence-corrected chi connectivity index (χ4v) is 2.60. The van der Waals surface area contributed by atoms with Crippen molar-refractivity contribution in [2.24, 2.45) is 0 Å². The molecule has 1 saturated heterocycles. The molecule has 22 heavy (non-hydrogen) atoms. The molecule has 0 aliphatic carbocycles. The zero-order valence-electron chi connectivity index (χ0n) is 12.1. The summed E-state index contributed by atoms with van der Waals surface area (Å²) in [5.41, 5.74) is 1.35. The van der Waals surface area contributed by atoms with Gasteiger partial charge in [-0.3, -0.25) is 9.59 Å². The number of fused-ring (bicyclic) bond motifs is 1. The van der Waals surface area contributed by atoms with Crippen LogP contribution in [0.2, 0.25) is 0 Å². The van der Waals surface area contributed by atoms with E-state index in [-0.39, 0.29) is 11.7 Å². The van der Waals surface area contributed by atoms with Crippen LogP contribution >= 0.6 is 0 Å². The van der Waals surface area contributed by atoms with Crippen molar-refractivity contribution >= 4 is 28.6 Å².